The summed E-state index contributed by atoms with van der Waals surface area (Å²) in [7, 11) is -2.36. The number of hydrogen-bond donors (Lipinski definition) is 1. The van der Waals surface area contributed by atoms with Gasteiger partial charge in [-0.15, -0.1) is 0 Å². The largest absolute Gasteiger partial charge is 0.465 e. The maximum absolute atomic E-state index is 12.6. The Morgan fingerprint density at radius 2 is 1.89 bits per heavy atom. The van der Waals surface area contributed by atoms with Gasteiger partial charge < -0.3 is 14.6 Å². The molecular formula is C19H19N3O5S. The first-order valence-electron chi connectivity index (χ1n) is 8.35. The third-order valence-corrected chi connectivity index (χ3v) is 5.16. The molecule has 0 radical (unpaired) electrons. The van der Waals surface area contributed by atoms with E-state index in [1.165, 1.54) is 17.7 Å². The molecular weight excluding hydrogens is 382 g/mol. The molecule has 2 aromatic carbocycles. The lowest BCUT2D eigenvalue weighted by molar-refractivity contribution is -0.116. The minimum absolute atomic E-state index is 0.177. The second kappa shape index (κ2) is 7.43. The minimum Gasteiger partial charge on any atom is -0.465 e. The molecule has 0 aliphatic heterocycles. The highest BCUT2D eigenvalue weighted by molar-refractivity contribution is 7.90. The Kier molecular flexibility index (Phi) is 5.19. The maximum atomic E-state index is 12.6. The van der Waals surface area contributed by atoms with Crippen LogP contribution in [0.2, 0.25) is 0 Å². The van der Waals surface area contributed by atoms with E-state index in [-0.39, 0.29) is 11.7 Å². The van der Waals surface area contributed by atoms with E-state index in [1.807, 2.05) is 0 Å². The first kappa shape index (κ1) is 19.6. The van der Waals surface area contributed by atoms with Crippen molar-refractivity contribution in [2.75, 3.05) is 18.7 Å². The van der Waals surface area contributed by atoms with Gasteiger partial charge >= 0.3 is 5.97 Å². The second-order valence-electron chi connectivity index (χ2n) is 6.31. The molecule has 1 heterocycles. The number of para-hydroxylation sites is 2. The topological polar surface area (TPSA) is 107 Å². The van der Waals surface area contributed by atoms with E-state index in [0.717, 1.165) is 11.8 Å². The van der Waals surface area contributed by atoms with Gasteiger partial charge in [0.2, 0.25) is 20.9 Å². The van der Waals surface area contributed by atoms with E-state index in [9.17, 15) is 18.0 Å². The summed E-state index contributed by atoms with van der Waals surface area (Å²) >= 11 is 0. The Balaban J connectivity index is 1.94. The SMILES string of the molecule is COC(=O)c1ccc(C)c(NC(=O)Cn2c(S(C)(=O)=O)nc3ccccc32)c1. The molecule has 0 bridgehead atoms. The van der Waals surface area contributed by atoms with Gasteiger partial charge in [-0.1, -0.05) is 18.2 Å². The molecule has 8 nitrogen and oxygen atoms in total. The number of nitrogens with zero attached hydrogens (tertiary/aromatic N) is 2. The fourth-order valence-corrected chi connectivity index (χ4v) is 3.65. The predicted octanol–water partition coefficient (Wildman–Crippen LogP) is 2.17. The Bertz CT molecular complexity index is 1180. The van der Waals surface area contributed by atoms with E-state index < -0.39 is 21.7 Å². The number of carbonyl (C=O) groups is 2. The van der Waals surface area contributed by atoms with E-state index >= 15 is 0 Å². The first-order chi connectivity index (χ1) is 13.2. The van der Waals surface area contributed by atoms with Crippen molar-refractivity contribution < 1.29 is 22.7 Å². The third-order valence-electron chi connectivity index (χ3n) is 4.19. The number of aryl methyl sites for hydroxylation is 1. The lowest BCUT2D eigenvalue weighted by atomic mass is 10.1. The molecule has 0 aliphatic carbocycles. The van der Waals surface area contributed by atoms with Crippen molar-refractivity contribution in [1.82, 2.24) is 9.55 Å². The van der Waals surface area contributed by atoms with Crippen LogP contribution in [-0.4, -0.2) is 43.2 Å². The number of nitrogens with one attached hydrogen (secondary N) is 1. The summed E-state index contributed by atoms with van der Waals surface area (Å²) < 4.78 is 30.3. The Hall–Kier alpha value is -3.20. The number of rotatable bonds is 5. The number of methoxy groups -OCH3 is 1. The molecule has 0 spiro atoms. The van der Waals surface area contributed by atoms with E-state index in [1.54, 1.807) is 43.3 Å². The summed E-state index contributed by atoms with van der Waals surface area (Å²) in [6.45, 7) is 1.54. The van der Waals surface area contributed by atoms with E-state index in [4.69, 9.17) is 4.74 Å². The molecule has 0 saturated heterocycles. The fraction of sp³-hybridized carbons (Fsp3) is 0.211. The van der Waals surface area contributed by atoms with Crippen LogP contribution in [-0.2, 0) is 25.9 Å². The average molecular weight is 401 g/mol. The van der Waals surface area contributed by atoms with Crippen molar-refractivity contribution in [2.45, 2.75) is 18.6 Å². The van der Waals surface area contributed by atoms with Crippen LogP contribution in [0.4, 0.5) is 5.69 Å². The third kappa shape index (κ3) is 3.89. The molecule has 1 amide bonds. The number of anilines is 1. The monoisotopic (exact) mass is 401 g/mol. The molecule has 1 aromatic heterocycles. The van der Waals surface area contributed by atoms with Crippen LogP contribution in [0.15, 0.2) is 47.6 Å². The van der Waals surface area contributed by atoms with Gasteiger partial charge in [0.25, 0.3) is 0 Å². The number of esters is 1. The van der Waals surface area contributed by atoms with E-state index in [2.05, 4.69) is 10.3 Å². The standard InChI is InChI=1S/C19H19N3O5S/c1-12-8-9-13(18(24)27-2)10-15(12)20-17(23)11-22-16-7-5-4-6-14(16)21-19(22)28(3,25)26/h4-10H,11H2,1-3H3,(H,20,23). The van der Waals surface area contributed by atoms with Crippen molar-refractivity contribution in [1.29, 1.82) is 0 Å². The molecule has 28 heavy (non-hydrogen) atoms. The molecule has 1 N–H and O–H groups in total. The van der Waals surface area contributed by atoms with Crippen molar-refractivity contribution in [3.8, 4) is 0 Å². The van der Waals surface area contributed by atoms with Gasteiger partial charge in [0.15, 0.2) is 0 Å². The maximum Gasteiger partial charge on any atom is 0.337 e. The second-order valence-corrected chi connectivity index (χ2v) is 8.22. The van der Waals surface area contributed by atoms with Crippen LogP contribution in [0, 0.1) is 6.92 Å². The van der Waals surface area contributed by atoms with Crippen LogP contribution in [0.3, 0.4) is 0 Å². The van der Waals surface area contributed by atoms with Gasteiger partial charge in [-0.05, 0) is 36.8 Å². The summed E-state index contributed by atoms with van der Waals surface area (Å²) in [5.41, 5.74) is 2.52. The van der Waals surface area contributed by atoms with Crippen LogP contribution in [0.25, 0.3) is 11.0 Å². The van der Waals surface area contributed by atoms with Crippen LogP contribution >= 0.6 is 0 Å². The number of aromatic nitrogens is 2. The van der Waals surface area contributed by atoms with Gasteiger partial charge in [-0.25, -0.2) is 18.2 Å². The molecule has 0 aliphatic rings. The predicted molar refractivity (Wildman–Crippen MR) is 104 cm³/mol. The zero-order chi connectivity index (χ0) is 20.5. The van der Waals surface area contributed by atoms with Crippen LogP contribution < -0.4 is 5.32 Å². The first-order valence-corrected chi connectivity index (χ1v) is 10.2. The van der Waals surface area contributed by atoms with Gasteiger partial charge in [0.1, 0.15) is 6.54 Å². The number of imidazole rings is 1. The number of ether oxygens (including phenoxy) is 1. The minimum atomic E-state index is -3.63. The lowest BCUT2D eigenvalue weighted by Crippen LogP contribution is -2.22. The van der Waals surface area contributed by atoms with Crippen molar-refractivity contribution in [3.63, 3.8) is 0 Å². The van der Waals surface area contributed by atoms with Gasteiger partial charge in [0, 0.05) is 11.9 Å². The Labute approximate surface area is 162 Å². The van der Waals surface area contributed by atoms with Gasteiger partial charge in [0.05, 0.1) is 23.7 Å². The molecule has 0 unspecified atom stereocenters. The molecule has 9 heteroatoms. The van der Waals surface area contributed by atoms with Crippen molar-refractivity contribution in [2.24, 2.45) is 0 Å². The fourth-order valence-electron chi connectivity index (χ4n) is 2.82. The highest BCUT2D eigenvalue weighted by atomic mass is 32.2. The normalized spacial score (nSPS) is 11.4. The summed E-state index contributed by atoms with van der Waals surface area (Å²) in [5.74, 6) is -0.964. The van der Waals surface area contributed by atoms with Crippen molar-refractivity contribution >= 4 is 38.4 Å². The quantitative estimate of drug-likeness (QED) is 0.657. The molecule has 0 fully saturated rings. The zero-order valence-corrected chi connectivity index (χ0v) is 16.4. The highest BCUT2D eigenvalue weighted by Crippen LogP contribution is 2.21. The smallest absolute Gasteiger partial charge is 0.337 e. The van der Waals surface area contributed by atoms with Gasteiger partial charge in [-0.2, -0.15) is 0 Å². The van der Waals surface area contributed by atoms with Crippen LogP contribution in [0.5, 0.6) is 0 Å². The van der Waals surface area contributed by atoms with E-state index in [0.29, 0.717) is 22.3 Å². The number of benzene rings is 2. The molecule has 146 valence electrons. The van der Waals surface area contributed by atoms with Gasteiger partial charge in [-0.3, -0.25) is 4.79 Å². The number of carbonyl (C=O) groups excluding carboxylic acids is 2. The highest BCUT2D eigenvalue weighted by Gasteiger charge is 2.21. The molecule has 3 rings (SSSR count). The summed E-state index contributed by atoms with van der Waals surface area (Å²) in [6, 6.07) is 11.7. The molecule has 3 aromatic rings. The Morgan fingerprint density at radius 3 is 2.57 bits per heavy atom. The summed E-state index contributed by atoms with van der Waals surface area (Å²) in [5, 5.41) is 2.54. The lowest BCUT2D eigenvalue weighted by Gasteiger charge is -2.12. The number of sulfone groups is 1. The number of amides is 1. The number of hydrogen-bond acceptors (Lipinski definition) is 6. The molecule has 0 atom stereocenters. The zero-order valence-electron chi connectivity index (χ0n) is 15.6. The van der Waals surface area contributed by atoms with Crippen LogP contribution in [0.1, 0.15) is 15.9 Å². The summed E-state index contributed by atoms with van der Waals surface area (Å²) in [6.07, 6.45) is 1.05. The number of fused-ring (bicyclic) bond motifs is 1. The average Bonchev–Trinajstić information content (AvgIpc) is 3.02. The van der Waals surface area contributed by atoms with Crippen molar-refractivity contribution in [3.05, 3.63) is 53.6 Å². The molecule has 0 saturated carbocycles. The summed E-state index contributed by atoms with van der Waals surface area (Å²) in [4.78, 5) is 28.5. The Morgan fingerprint density at radius 1 is 1.18 bits per heavy atom.